The van der Waals surface area contributed by atoms with Crippen molar-refractivity contribution in [3.8, 4) is 11.4 Å². The van der Waals surface area contributed by atoms with E-state index in [-0.39, 0.29) is 6.10 Å². The molecule has 2 aromatic carbocycles. The Balaban J connectivity index is 1.37. The molecule has 0 spiro atoms. The van der Waals surface area contributed by atoms with Gasteiger partial charge in [-0.3, -0.25) is 0 Å². The average molecular weight is 471 g/mol. The standard InChI is InChI=1S/C23H20Cl2N4O3/c24-17-5-6-19(20(25)11-17)23(14-28-9-7-26-15-28)31-13-18(32-23)12-30-22-4-2-1-3-21(22)29-10-8-27-16-29/h1-11,15-16,18H,12-14H2. The van der Waals surface area contributed by atoms with Gasteiger partial charge in [0.25, 0.3) is 0 Å². The Morgan fingerprint density at radius 3 is 2.69 bits per heavy atom. The van der Waals surface area contributed by atoms with Gasteiger partial charge in [0.15, 0.2) is 0 Å². The lowest BCUT2D eigenvalue weighted by atomic mass is 10.1. The first-order valence-corrected chi connectivity index (χ1v) is 10.8. The van der Waals surface area contributed by atoms with Crippen LogP contribution < -0.4 is 4.74 Å². The van der Waals surface area contributed by atoms with Gasteiger partial charge in [-0.2, -0.15) is 0 Å². The molecule has 1 aliphatic heterocycles. The molecule has 3 heterocycles. The first kappa shape index (κ1) is 21.0. The zero-order valence-electron chi connectivity index (χ0n) is 17.0. The second kappa shape index (κ2) is 8.96. The number of imidazole rings is 2. The van der Waals surface area contributed by atoms with Gasteiger partial charge in [-0.05, 0) is 24.3 Å². The van der Waals surface area contributed by atoms with E-state index >= 15 is 0 Å². The predicted molar refractivity (Wildman–Crippen MR) is 120 cm³/mol. The summed E-state index contributed by atoms with van der Waals surface area (Å²) in [5.41, 5.74) is 1.60. The molecule has 9 heteroatoms. The second-order valence-corrected chi connectivity index (χ2v) is 8.26. The molecule has 1 aliphatic rings. The molecule has 2 unspecified atom stereocenters. The maximum atomic E-state index is 6.53. The van der Waals surface area contributed by atoms with Crippen LogP contribution in [0.4, 0.5) is 0 Å². The minimum absolute atomic E-state index is 0.305. The maximum Gasteiger partial charge on any atom is 0.215 e. The van der Waals surface area contributed by atoms with Crippen molar-refractivity contribution in [3.63, 3.8) is 0 Å². The molecular weight excluding hydrogens is 451 g/mol. The molecule has 0 bridgehead atoms. The molecule has 2 atom stereocenters. The van der Waals surface area contributed by atoms with Crippen molar-refractivity contribution in [1.29, 1.82) is 0 Å². The van der Waals surface area contributed by atoms with Crippen molar-refractivity contribution in [2.24, 2.45) is 0 Å². The smallest absolute Gasteiger partial charge is 0.215 e. The number of benzene rings is 2. The fraction of sp³-hybridized carbons (Fsp3) is 0.217. The van der Waals surface area contributed by atoms with Crippen molar-refractivity contribution in [2.45, 2.75) is 18.4 Å². The Morgan fingerprint density at radius 1 is 1.06 bits per heavy atom. The highest BCUT2D eigenvalue weighted by atomic mass is 35.5. The third-order valence-electron chi connectivity index (χ3n) is 5.22. The highest BCUT2D eigenvalue weighted by Crippen LogP contribution is 2.40. The summed E-state index contributed by atoms with van der Waals surface area (Å²) >= 11 is 12.6. The quantitative estimate of drug-likeness (QED) is 0.390. The second-order valence-electron chi connectivity index (χ2n) is 7.41. The zero-order valence-corrected chi connectivity index (χ0v) is 18.5. The summed E-state index contributed by atoms with van der Waals surface area (Å²) in [6.45, 7) is 1.04. The molecule has 0 aliphatic carbocycles. The summed E-state index contributed by atoms with van der Waals surface area (Å²) in [7, 11) is 0. The molecule has 4 aromatic rings. The van der Waals surface area contributed by atoms with Gasteiger partial charge in [-0.25, -0.2) is 9.97 Å². The van der Waals surface area contributed by atoms with Crippen LogP contribution in [0.2, 0.25) is 10.0 Å². The molecule has 0 saturated carbocycles. The number of halogens is 2. The number of ether oxygens (including phenoxy) is 3. The van der Waals surface area contributed by atoms with Crippen LogP contribution in [0.3, 0.4) is 0 Å². The molecule has 32 heavy (non-hydrogen) atoms. The molecule has 7 nitrogen and oxygen atoms in total. The number of aromatic nitrogens is 4. The van der Waals surface area contributed by atoms with Gasteiger partial charge >= 0.3 is 0 Å². The zero-order chi connectivity index (χ0) is 22.0. The lowest BCUT2D eigenvalue weighted by Gasteiger charge is -2.30. The lowest BCUT2D eigenvalue weighted by Crippen LogP contribution is -2.34. The summed E-state index contributed by atoms with van der Waals surface area (Å²) in [6, 6.07) is 13.1. The highest BCUT2D eigenvalue weighted by molar-refractivity contribution is 6.35. The van der Waals surface area contributed by atoms with Crippen molar-refractivity contribution >= 4 is 23.2 Å². The van der Waals surface area contributed by atoms with E-state index in [4.69, 9.17) is 37.4 Å². The van der Waals surface area contributed by atoms with Crippen LogP contribution in [0.25, 0.3) is 5.69 Å². The van der Waals surface area contributed by atoms with Gasteiger partial charge in [0, 0.05) is 35.4 Å². The van der Waals surface area contributed by atoms with Gasteiger partial charge in [0.2, 0.25) is 5.79 Å². The van der Waals surface area contributed by atoms with E-state index in [2.05, 4.69) is 9.97 Å². The number of nitrogens with zero attached hydrogens (tertiary/aromatic N) is 4. The van der Waals surface area contributed by atoms with Crippen LogP contribution in [0.15, 0.2) is 79.9 Å². The van der Waals surface area contributed by atoms with Crippen LogP contribution in [0, 0.1) is 0 Å². The van der Waals surface area contributed by atoms with Gasteiger partial charge in [0.05, 0.1) is 36.5 Å². The van der Waals surface area contributed by atoms with Crippen LogP contribution in [0.5, 0.6) is 5.75 Å². The SMILES string of the molecule is Clc1ccc(C2(Cn3ccnc3)OCC(COc3ccccc3-n3ccnc3)O2)c(Cl)c1. The Labute approximate surface area is 195 Å². The van der Waals surface area contributed by atoms with Crippen LogP contribution in [-0.2, 0) is 21.8 Å². The van der Waals surface area contributed by atoms with E-state index in [1.807, 2.05) is 51.9 Å². The molecule has 164 valence electrons. The predicted octanol–water partition coefficient (Wildman–Crippen LogP) is 4.72. The Hall–Kier alpha value is -2.84. The molecule has 2 aromatic heterocycles. The summed E-state index contributed by atoms with van der Waals surface area (Å²) < 4.78 is 22.6. The summed E-state index contributed by atoms with van der Waals surface area (Å²) in [6.07, 6.45) is 10.3. The molecule has 0 N–H and O–H groups in total. The monoisotopic (exact) mass is 470 g/mol. The number of hydrogen-bond acceptors (Lipinski definition) is 5. The number of para-hydroxylation sites is 2. The summed E-state index contributed by atoms with van der Waals surface area (Å²) in [5.74, 6) is -0.356. The minimum Gasteiger partial charge on any atom is -0.489 e. The highest BCUT2D eigenvalue weighted by Gasteiger charge is 2.45. The van der Waals surface area contributed by atoms with Gasteiger partial charge in [0.1, 0.15) is 18.5 Å². The Kier molecular flexibility index (Phi) is 5.89. The van der Waals surface area contributed by atoms with Gasteiger partial charge in [-0.15, -0.1) is 0 Å². The third kappa shape index (κ3) is 4.25. The summed E-state index contributed by atoms with van der Waals surface area (Å²) in [5, 5.41) is 1.02. The van der Waals surface area contributed by atoms with Gasteiger partial charge < -0.3 is 23.3 Å². The fourth-order valence-corrected chi connectivity index (χ4v) is 4.30. The molecule has 1 saturated heterocycles. The van der Waals surface area contributed by atoms with E-state index in [0.717, 1.165) is 11.4 Å². The molecule has 5 rings (SSSR count). The van der Waals surface area contributed by atoms with Crippen molar-refractivity contribution < 1.29 is 14.2 Å². The summed E-state index contributed by atoms with van der Waals surface area (Å²) in [4.78, 5) is 8.23. The number of rotatable bonds is 7. The Bertz CT molecular complexity index is 1180. The van der Waals surface area contributed by atoms with E-state index < -0.39 is 5.79 Å². The fourth-order valence-electron chi connectivity index (χ4n) is 3.75. The third-order valence-corrected chi connectivity index (χ3v) is 5.77. The van der Waals surface area contributed by atoms with Crippen LogP contribution in [0.1, 0.15) is 5.56 Å². The average Bonchev–Trinajstić information content (AvgIpc) is 3.56. The molecular formula is C23H20Cl2N4O3. The van der Waals surface area contributed by atoms with Crippen molar-refractivity contribution in [1.82, 2.24) is 19.1 Å². The first-order valence-electron chi connectivity index (χ1n) is 10.1. The first-order chi connectivity index (χ1) is 15.6. The molecule has 1 fully saturated rings. The molecule has 0 radical (unpaired) electrons. The lowest BCUT2D eigenvalue weighted by molar-refractivity contribution is -0.189. The van der Waals surface area contributed by atoms with Crippen molar-refractivity contribution in [3.05, 3.63) is 95.5 Å². The van der Waals surface area contributed by atoms with Gasteiger partial charge in [-0.1, -0.05) is 41.4 Å². The van der Waals surface area contributed by atoms with E-state index in [9.17, 15) is 0 Å². The number of hydrogen-bond donors (Lipinski definition) is 0. The Morgan fingerprint density at radius 2 is 1.91 bits per heavy atom. The largest absolute Gasteiger partial charge is 0.489 e. The van der Waals surface area contributed by atoms with E-state index in [1.54, 1.807) is 37.2 Å². The minimum atomic E-state index is -1.08. The van der Waals surface area contributed by atoms with Crippen molar-refractivity contribution in [2.75, 3.05) is 13.2 Å². The van der Waals surface area contributed by atoms with Crippen LogP contribution >= 0.6 is 23.2 Å². The normalized spacial score (nSPS) is 20.5. The van der Waals surface area contributed by atoms with E-state index in [0.29, 0.717) is 35.4 Å². The molecule has 0 amide bonds. The van der Waals surface area contributed by atoms with Crippen LogP contribution in [-0.4, -0.2) is 38.4 Å². The maximum absolute atomic E-state index is 6.53. The van der Waals surface area contributed by atoms with E-state index in [1.165, 1.54) is 0 Å². The topological polar surface area (TPSA) is 63.3 Å².